The predicted octanol–water partition coefficient (Wildman–Crippen LogP) is 14.1. The fourth-order valence-corrected chi connectivity index (χ4v) is 7.34. The van der Waals surface area contributed by atoms with E-state index in [9.17, 15) is 13.7 Å². The minimum atomic E-state index is -3.04. The van der Waals surface area contributed by atoms with Crippen molar-refractivity contribution in [1.82, 2.24) is 15.0 Å². The summed E-state index contributed by atoms with van der Waals surface area (Å²) in [6.45, 7) is 3.10. The Hall–Kier alpha value is -6.85. The summed E-state index contributed by atoms with van der Waals surface area (Å²) in [4.78, 5) is 13.5. The summed E-state index contributed by atoms with van der Waals surface area (Å²) in [6, 6.07) is 35.7. The molecule has 4 aromatic heterocycles. The van der Waals surface area contributed by atoms with Crippen LogP contribution in [0.5, 0.6) is 0 Å². The smallest absolute Gasteiger partial charge is 0.500 e. The molecule has 0 atom stereocenters. The van der Waals surface area contributed by atoms with Crippen molar-refractivity contribution in [2.45, 2.75) is 51.1 Å². The molecule has 10 rings (SSSR count). The Balaban J connectivity index is 0.00000792. The standard InChI is InChI=1S/C59H45FN3O.Ir/c1-59(2,48-27-32-55(63-39-48)51-20-12-19-49-50-28-29-52(60)56(58(50)64-57(49)51)47-17-10-5-11-18-47)36-44-34-42(23-21-40-25-30-53(61-37-40)45-13-6-3-7-14-45)33-43(35-44)24-22-41-26-31-54(62-38-41)46-15-8-4-9-16-46;/h3-13,15,17-19,25-35,37-39H,21-24,36H2,1-2H3;/q-3;+3/i5D,10D,11D,17D,18D,21D2,22D2,23D2,24D2,29D,36D2;. The number of benzene rings is 6. The Morgan fingerprint density at radius 3 is 1.74 bits per heavy atom. The topological polar surface area (TPSA) is 51.8 Å². The third kappa shape index (κ3) is 9.52. The molecule has 0 radical (unpaired) electrons. The van der Waals surface area contributed by atoms with Crippen LogP contribution in [0.1, 0.15) is 69.2 Å². The van der Waals surface area contributed by atoms with Crippen molar-refractivity contribution in [3.8, 4) is 44.9 Å². The number of hydrogen-bond acceptors (Lipinski definition) is 4. The zero-order chi connectivity index (χ0) is 57.6. The first-order valence-corrected chi connectivity index (χ1v) is 20.3. The van der Waals surface area contributed by atoms with E-state index in [0.717, 1.165) is 18.2 Å². The van der Waals surface area contributed by atoms with Gasteiger partial charge in [-0.3, -0.25) is 0 Å². The van der Waals surface area contributed by atoms with E-state index in [-0.39, 0.29) is 70.2 Å². The number of pyridine rings is 3. The van der Waals surface area contributed by atoms with Gasteiger partial charge in [0.05, 0.1) is 19.4 Å². The molecule has 0 spiro atoms. The number of furan rings is 1. The van der Waals surface area contributed by atoms with Gasteiger partial charge in [0.1, 0.15) is 11.4 Å². The van der Waals surface area contributed by atoms with Crippen molar-refractivity contribution in [3.05, 3.63) is 234 Å². The van der Waals surface area contributed by atoms with Crippen molar-refractivity contribution >= 4 is 21.9 Å². The van der Waals surface area contributed by atoms with Gasteiger partial charge >= 0.3 is 20.1 Å². The molecule has 4 nitrogen and oxygen atoms in total. The number of fused-ring (bicyclic) bond motifs is 3. The van der Waals surface area contributed by atoms with Crippen LogP contribution in [0.4, 0.5) is 4.39 Å². The molecule has 0 fully saturated rings. The monoisotopic (exact) mass is 1040 g/mol. The maximum atomic E-state index is 16.1. The van der Waals surface area contributed by atoms with Gasteiger partial charge < -0.3 is 19.4 Å². The Kier molecular flexibility index (Phi) is 8.27. The zero-order valence-corrected chi connectivity index (χ0v) is 37.1. The summed E-state index contributed by atoms with van der Waals surface area (Å²) in [5.74, 6) is -1.17. The van der Waals surface area contributed by atoms with E-state index in [1.54, 1.807) is 86.6 Å². The largest absolute Gasteiger partial charge is 3.00 e. The van der Waals surface area contributed by atoms with Crippen LogP contribution in [-0.4, -0.2) is 15.0 Å². The number of nitrogens with zero attached hydrogens (tertiary/aromatic N) is 3. The Morgan fingerprint density at radius 1 is 0.585 bits per heavy atom. The van der Waals surface area contributed by atoms with Crippen molar-refractivity contribution in [2.24, 2.45) is 0 Å². The van der Waals surface area contributed by atoms with Crippen molar-refractivity contribution < 1.29 is 50.8 Å². The van der Waals surface area contributed by atoms with Crippen molar-refractivity contribution in [1.29, 1.82) is 0 Å². The first-order valence-electron chi connectivity index (χ1n) is 28.3. The Morgan fingerprint density at radius 2 is 1.17 bits per heavy atom. The van der Waals surface area contributed by atoms with E-state index in [4.69, 9.17) is 12.6 Å². The predicted molar refractivity (Wildman–Crippen MR) is 256 cm³/mol. The summed E-state index contributed by atoms with van der Waals surface area (Å²) in [6.07, 6.45) is -10.7. The van der Waals surface area contributed by atoms with E-state index in [0.29, 0.717) is 27.9 Å². The van der Waals surface area contributed by atoms with Crippen LogP contribution < -0.4 is 0 Å². The van der Waals surface area contributed by atoms with Crippen molar-refractivity contribution in [2.75, 3.05) is 0 Å². The van der Waals surface area contributed by atoms with E-state index in [2.05, 4.69) is 33.2 Å². The number of aromatic nitrogens is 3. The second-order valence-electron chi connectivity index (χ2n) is 15.3. The average Bonchev–Trinajstić information content (AvgIpc) is 3.83. The first kappa shape index (κ1) is 28.1. The van der Waals surface area contributed by atoms with Gasteiger partial charge in [0.2, 0.25) is 0 Å². The summed E-state index contributed by atoms with van der Waals surface area (Å²) in [5, 5.41) is 0.569. The van der Waals surface area contributed by atoms with Gasteiger partial charge in [-0.25, -0.2) is 4.39 Å². The minimum Gasteiger partial charge on any atom is -0.500 e. The normalized spacial score (nSPS) is 16.2. The number of hydrogen-bond donors (Lipinski definition) is 0. The van der Waals surface area contributed by atoms with E-state index in [1.165, 1.54) is 48.9 Å². The molecule has 65 heavy (non-hydrogen) atoms. The minimum absolute atomic E-state index is 0. The molecule has 10 aromatic rings. The molecule has 0 aliphatic rings. The number of halogens is 1. The molecular weight excluding hydrogens is 978 g/mol. The van der Waals surface area contributed by atoms with E-state index >= 15 is 4.39 Å². The van der Waals surface area contributed by atoms with Crippen LogP contribution in [0.25, 0.3) is 66.8 Å². The molecule has 0 aliphatic carbocycles. The molecule has 6 aromatic carbocycles. The van der Waals surface area contributed by atoms with Gasteiger partial charge in [0.15, 0.2) is 0 Å². The summed E-state index contributed by atoms with van der Waals surface area (Å²) < 4.78 is 168. The zero-order valence-electron chi connectivity index (χ0n) is 50.7. The quantitative estimate of drug-likeness (QED) is 0.108. The fourth-order valence-electron chi connectivity index (χ4n) is 7.34. The maximum Gasteiger partial charge on any atom is 3.00 e. The second kappa shape index (κ2) is 19.1. The van der Waals surface area contributed by atoms with Gasteiger partial charge in [0, 0.05) is 37.7 Å². The molecule has 318 valence electrons. The maximum absolute atomic E-state index is 16.1. The summed E-state index contributed by atoms with van der Waals surface area (Å²) >= 11 is 0. The third-order valence-electron chi connectivity index (χ3n) is 10.6. The Labute approximate surface area is 416 Å². The second-order valence-corrected chi connectivity index (χ2v) is 15.3. The van der Waals surface area contributed by atoms with E-state index in [1.807, 2.05) is 0 Å². The third-order valence-corrected chi connectivity index (χ3v) is 10.6. The molecular formula is C59H45FIrN3O. The molecule has 0 saturated heterocycles. The molecule has 4 heterocycles. The molecule has 0 saturated carbocycles. The van der Waals surface area contributed by atoms with Gasteiger partial charge in [0.25, 0.3) is 0 Å². The van der Waals surface area contributed by atoms with Crippen LogP contribution in [0.15, 0.2) is 181 Å². The fraction of sp³-hybridized carbons (Fsp3) is 0.136. The molecule has 0 N–H and O–H groups in total. The molecule has 0 amide bonds. The van der Waals surface area contributed by atoms with Gasteiger partial charge in [-0.1, -0.05) is 110 Å². The summed E-state index contributed by atoms with van der Waals surface area (Å²) in [5.41, 5.74) is -1.47. The van der Waals surface area contributed by atoms with E-state index < -0.39 is 102 Å². The number of aryl methyl sites for hydroxylation is 4. The van der Waals surface area contributed by atoms with Gasteiger partial charge in [-0.15, -0.1) is 90.0 Å². The van der Waals surface area contributed by atoms with Crippen molar-refractivity contribution in [3.63, 3.8) is 0 Å². The van der Waals surface area contributed by atoms with Gasteiger partial charge in [-0.2, -0.15) is 0 Å². The first-order chi connectivity index (χ1) is 37.6. The average molecular weight is 1040 g/mol. The number of rotatable bonds is 13. The van der Waals surface area contributed by atoms with Crippen LogP contribution in [-0.2, 0) is 57.4 Å². The SMILES string of the molecule is [2H]c1cc2c(oc3c(-c4ccc(C(C)(C)C([2H])([2H])c5cc(C([2H])([2H])C([2H])([2H])c6ccc(-c7[c-]cccc7)nc6)cc(C([2H])([2H])C([2H])([2H])c6ccc(-c7[c-]cccc7)nc6)c5)cn4)[c-]ccc32)c(-c2c([2H])c([2H])c([2H])c([2H])c2[2H])c1F.[Ir+3]. The van der Waals surface area contributed by atoms with Crippen LogP contribution in [0, 0.1) is 24.0 Å². The Bertz CT molecular complexity index is 3880. The van der Waals surface area contributed by atoms with Gasteiger partial charge in [-0.05, 0) is 105 Å². The molecule has 0 unspecified atom stereocenters. The van der Waals surface area contributed by atoms with Crippen LogP contribution >= 0.6 is 0 Å². The van der Waals surface area contributed by atoms with Crippen LogP contribution in [0.2, 0.25) is 0 Å². The molecule has 0 aliphatic heterocycles. The summed E-state index contributed by atoms with van der Waals surface area (Å²) in [7, 11) is 0. The molecule has 6 heteroatoms. The molecule has 0 bridgehead atoms. The van der Waals surface area contributed by atoms with Crippen LogP contribution in [0.3, 0.4) is 0 Å².